The quantitative estimate of drug-likeness (QED) is 0.880. The van der Waals surface area contributed by atoms with Crippen LogP contribution in [0.2, 0.25) is 0 Å². The Balaban J connectivity index is 1.95. The summed E-state index contributed by atoms with van der Waals surface area (Å²) < 4.78 is 0. The Morgan fingerprint density at radius 2 is 2.00 bits per heavy atom. The fourth-order valence-electron chi connectivity index (χ4n) is 2.71. The van der Waals surface area contributed by atoms with Gasteiger partial charge in [0.15, 0.2) is 0 Å². The molecular formula is C15H24N4O. The van der Waals surface area contributed by atoms with Crippen LogP contribution in [0.1, 0.15) is 12.5 Å². The molecule has 2 rings (SSSR count). The van der Waals surface area contributed by atoms with Gasteiger partial charge in [-0.2, -0.15) is 0 Å². The van der Waals surface area contributed by atoms with Gasteiger partial charge < -0.3 is 20.9 Å². The van der Waals surface area contributed by atoms with Crippen LogP contribution >= 0.6 is 0 Å². The summed E-state index contributed by atoms with van der Waals surface area (Å²) in [7, 11) is 4.13. The summed E-state index contributed by atoms with van der Waals surface area (Å²) in [6, 6.07) is 8.06. The number of hydrogen-bond acceptors (Lipinski definition) is 3. The molecule has 0 bridgehead atoms. The van der Waals surface area contributed by atoms with Crippen LogP contribution in [0.3, 0.4) is 0 Å². The van der Waals surface area contributed by atoms with Gasteiger partial charge in [-0.15, -0.1) is 0 Å². The zero-order valence-electron chi connectivity index (χ0n) is 12.5. The van der Waals surface area contributed by atoms with Gasteiger partial charge in [0.25, 0.3) is 0 Å². The third-order valence-electron chi connectivity index (χ3n) is 3.96. The molecule has 110 valence electrons. The van der Waals surface area contributed by atoms with E-state index in [1.165, 1.54) is 0 Å². The lowest BCUT2D eigenvalue weighted by atomic mass is 10.1. The number of carbonyl (C=O) groups is 1. The van der Waals surface area contributed by atoms with Crippen molar-refractivity contribution < 1.29 is 4.79 Å². The number of urea groups is 1. The van der Waals surface area contributed by atoms with Crippen molar-refractivity contribution >= 4 is 11.7 Å². The predicted molar refractivity (Wildman–Crippen MR) is 81.6 cm³/mol. The minimum absolute atomic E-state index is 0.0262. The van der Waals surface area contributed by atoms with E-state index in [4.69, 9.17) is 5.73 Å². The average molecular weight is 276 g/mol. The van der Waals surface area contributed by atoms with Crippen molar-refractivity contribution in [1.29, 1.82) is 0 Å². The van der Waals surface area contributed by atoms with E-state index >= 15 is 0 Å². The maximum absolute atomic E-state index is 12.3. The van der Waals surface area contributed by atoms with Gasteiger partial charge in [0.2, 0.25) is 0 Å². The third kappa shape index (κ3) is 3.29. The number of amides is 2. The molecule has 1 fully saturated rings. The SMILES string of the molecule is CC1CN(C(=O)Nc2ccc(CN)cc2)CC1N(C)C. The first-order chi connectivity index (χ1) is 9.51. The second-order valence-electron chi connectivity index (χ2n) is 5.74. The van der Waals surface area contributed by atoms with Crippen LogP contribution in [0, 0.1) is 5.92 Å². The smallest absolute Gasteiger partial charge is 0.321 e. The zero-order chi connectivity index (χ0) is 14.7. The Hall–Kier alpha value is -1.59. The van der Waals surface area contributed by atoms with E-state index in [0.29, 0.717) is 18.5 Å². The number of nitrogens with zero attached hydrogens (tertiary/aromatic N) is 2. The number of anilines is 1. The van der Waals surface area contributed by atoms with E-state index in [0.717, 1.165) is 24.3 Å². The Kier molecular flexibility index (Phi) is 4.62. The van der Waals surface area contributed by atoms with Crippen molar-refractivity contribution in [2.24, 2.45) is 11.7 Å². The molecule has 0 spiro atoms. The van der Waals surface area contributed by atoms with Gasteiger partial charge in [0.05, 0.1) is 0 Å². The molecule has 1 aromatic carbocycles. The molecule has 1 aliphatic heterocycles. The van der Waals surface area contributed by atoms with Gasteiger partial charge in [0.1, 0.15) is 0 Å². The van der Waals surface area contributed by atoms with E-state index in [1.807, 2.05) is 29.2 Å². The molecule has 5 nitrogen and oxygen atoms in total. The van der Waals surface area contributed by atoms with Gasteiger partial charge in [-0.1, -0.05) is 19.1 Å². The second-order valence-corrected chi connectivity index (χ2v) is 5.74. The Morgan fingerprint density at radius 3 is 2.50 bits per heavy atom. The van der Waals surface area contributed by atoms with Crippen molar-refractivity contribution in [2.75, 3.05) is 32.5 Å². The van der Waals surface area contributed by atoms with Crippen LogP contribution in [0.25, 0.3) is 0 Å². The average Bonchev–Trinajstić information content (AvgIpc) is 2.82. The Bertz CT molecular complexity index is 457. The molecule has 2 amide bonds. The predicted octanol–water partition coefficient (Wildman–Crippen LogP) is 1.56. The van der Waals surface area contributed by atoms with Crippen LogP contribution in [-0.4, -0.2) is 49.1 Å². The molecular weight excluding hydrogens is 252 g/mol. The van der Waals surface area contributed by atoms with E-state index in [2.05, 4.69) is 31.2 Å². The lowest BCUT2D eigenvalue weighted by Gasteiger charge is -2.22. The summed E-state index contributed by atoms with van der Waals surface area (Å²) in [5.74, 6) is 0.496. The summed E-state index contributed by atoms with van der Waals surface area (Å²) in [5.41, 5.74) is 7.43. The Labute approximate surface area is 120 Å². The highest BCUT2D eigenvalue weighted by Gasteiger charge is 2.33. The number of benzene rings is 1. The molecule has 1 heterocycles. The number of likely N-dealkylation sites (N-methyl/N-ethyl adjacent to an activating group) is 1. The standard InChI is InChI=1S/C15H24N4O/c1-11-9-19(10-14(11)18(2)3)15(20)17-13-6-4-12(8-16)5-7-13/h4-7,11,14H,8-10,16H2,1-3H3,(H,17,20). The first-order valence-corrected chi connectivity index (χ1v) is 7.02. The van der Waals surface area contributed by atoms with Gasteiger partial charge in [-0.25, -0.2) is 4.79 Å². The van der Waals surface area contributed by atoms with Crippen LogP contribution in [0.15, 0.2) is 24.3 Å². The molecule has 0 radical (unpaired) electrons. The molecule has 5 heteroatoms. The van der Waals surface area contributed by atoms with Gasteiger partial charge >= 0.3 is 6.03 Å². The highest BCUT2D eigenvalue weighted by Crippen LogP contribution is 2.21. The van der Waals surface area contributed by atoms with Crippen LogP contribution < -0.4 is 11.1 Å². The Morgan fingerprint density at radius 1 is 1.35 bits per heavy atom. The van der Waals surface area contributed by atoms with Crippen molar-refractivity contribution in [3.05, 3.63) is 29.8 Å². The molecule has 0 aliphatic carbocycles. The lowest BCUT2D eigenvalue weighted by Crippen LogP contribution is -2.37. The van der Waals surface area contributed by atoms with Crippen molar-refractivity contribution in [2.45, 2.75) is 19.5 Å². The number of carbonyl (C=O) groups excluding carboxylic acids is 1. The fraction of sp³-hybridized carbons (Fsp3) is 0.533. The normalized spacial score (nSPS) is 22.4. The summed E-state index contributed by atoms with van der Waals surface area (Å²) >= 11 is 0. The number of likely N-dealkylation sites (tertiary alicyclic amines) is 1. The molecule has 2 atom stereocenters. The minimum Gasteiger partial charge on any atom is -0.326 e. The van der Waals surface area contributed by atoms with Crippen molar-refractivity contribution in [3.63, 3.8) is 0 Å². The second kappa shape index (κ2) is 6.24. The zero-order valence-corrected chi connectivity index (χ0v) is 12.5. The largest absolute Gasteiger partial charge is 0.326 e. The number of nitrogens with two attached hydrogens (primary N) is 1. The molecule has 0 aromatic heterocycles. The summed E-state index contributed by atoms with van der Waals surface area (Å²) in [4.78, 5) is 16.3. The monoisotopic (exact) mass is 276 g/mol. The van der Waals surface area contributed by atoms with Crippen LogP contribution in [0.5, 0.6) is 0 Å². The van der Waals surface area contributed by atoms with E-state index in [1.54, 1.807) is 0 Å². The summed E-state index contributed by atoms with van der Waals surface area (Å²) in [6.45, 7) is 4.28. The highest BCUT2D eigenvalue weighted by atomic mass is 16.2. The number of rotatable bonds is 3. The van der Waals surface area contributed by atoms with Crippen molar-refractivity contribution in [1.82, 2.24) is 9.80 Å². The van der Waals surface area contributed by atoms with Crippen molar-refractivity contribution in [3.8, 4) is 0 Å². The van der Waals surface area contributed by atoms with Crippen LogP contribution in [-0.2, 0) is 6.54 Å². The maximum Gasteiger partial charge on any atom is 0.321 e. The molecule has 3 N–H and O–H groups in total. The molecule has 1 aromatic rings. The third-order valence-corrected chi connectivity index (χ3v) is 3.96. The first-order valence-electron chi connectivity index (χ1n) is 7.02. The molecule has 2 unspecified atom stereocenters. The maximum atomic E-state index is 12.3. The number of nitrogens with one attached hydrogen (secondary N) is 1. The summed E-state index contributed by atoms with van der Waals surface area (Å²) in [5, 5.41) is 2.94. The van der Waals surface area contributed by atoms with E-state index in [-0.39, 0.29) is 6.03 Å². The minimum atomic E-state index is -0.0262. The van der Waals surface area contributed by atoms with E-state index in [9.17, 15) is 4.79 Å². The fourth-order valence-corrected chi connectivity index (χ4v) is 2.71. The van der Waals surface area contributed by atoms with Gasteiger partial charge in [0, 0.05) is 31.4 Å². The lowest BCUT2D eigenvalue weighted by molar-refractivity contribution is 0.216. The topological polar surface area (TPSA) is 61.6 Å². The first kappa shape index (κ1) is 14.8. The molecule has 0 saturated carbocycles. The van der Waals surface area contributed by atoms with Crippen LogP contribution in [0.4, 0.5) is 10.5 Å². The molecule has 20 heavy (non-hydrogen) atoms. The van der Waals surface area contributed by atoms with Gasteiger partial charge in [-0.3, -0.25) is 0 Å². The van der Waals surface area contributed by atoms with Gasteiger partial charge in [-0.05, 0) is 37.7 Å². The molecule has 1 saturated heterocycles. The highest BCUT2D eigenvalue weighted by molar-refractivity contribution is 5.89. The molecule has 1 aliphatic rings. The number of hydrogen-bond donors (Lipinski definition) is 2. The van der Waals surface area contributed by atoms with E-state index < -0.39 is 0 Å². The summed E-state index contributed by atoms with van der Waals surface area (Å²) in [6.07, 6.45) is 0.